The van der Waals surface area contributed by atoms with E-state index in [0.29, 0.717) is 0 Å². The van der Waals surface area contributed by atoms with Crippen LogP contribution in [-0.4, -0.2) is 0 Å². The maximum absolute atomic E-state index is 6.57. The van der Waals surface area contributed by atoms with Gasteiger partial charge in [-0.25, -0.2) is 0 Å². The Hall–Kier alpha value is -4.08. The van der Waals surface area contributed by atoms with Crippen LogP contribution >= 0.6 is 15.9 Å². The number of halogens is 1. The first kappa shape index (κ1) is 27.7. The van der Waals surface area contributed by atoms with Crippen molar-refractivity contribution in [3.63, 3.8) is 0 Å². The SMILES string of the molecule is CCCCc1cc2oc1-c1ccc(cc1)CCc1ccc(cc1)-c1oc(cc1Br)-c1ccc(cc1)CCc1ccc-2cc1. The van der Waals surface area contributed by atoms with Crippen molar-refractivity contribution >= 4 is 15.9 Å². The molecular weight excluding hydrogens is 592 g/mol. The zero-order chi connectivity index (χ0) is 29.2. The third-order valence-electron chi connectivity index (χ3n) is 8.61. The van der Waals surface area contributed by atoms with Crippen LogP contribution < -0.4 is 0 Å². The Morgan fingerprint density at radius 2 is 0.907 bits per heavy atom. The highest BCUT2D eigenvalue weighted by Gasteiger charge is 2.16. The zero-order valence-electron chi connectivity index (χ0n) is 24.5. The summed E-state index contributed by atoms with van der Waals surface area (Å²) in [7, 11) is 0. The minimum Gasteiger partial charge on any atom is -0.456 e. The van der Waals surface area contributed by atoms with Crippen molar-refractivity contribution in [2.24, 2.45) is 0 Å². The summed E-state index contributed by atoms with van der Waals surface area (Å²) in [6.07, 6.45) is 7.30. The van der Waals surface area contributed by atoms with E-state index >= 15 is 0 Å². The third-order valence-corrected chi connectivity index (χ3v) is 9.20. The molecule has 3 heteroatoms. The van der Waals surface area contributed by atoms with Gasteiger partial charge in [-0.2, -0.15) is 0 Å². The van der Waals surface area contributed by atoms with Gasteiger partial charge in [0.2, 0.25) is 0 Å². The Kier molecular flexibility index (Phi) is 7.91. The second-order valence-electron chi connectivity index (χ2n) is 11.6. The van der Waals surface area contributed by atoms with Gasteiger partial charge in [-0.05, 0) is 94.4 Å². The van der Waals surface area contributed by atoms with Gasteiger partial charge in [-0.1, -0.05) is 110 Å². The zero-order valence-corrected chi connectivity index (χ0v) is 26.1. The monoisotopic (exact) mass is 626 g/mol. The molecule has 0 saturated heterocycles. The van der Waals surface area contributed by atoms with Gasteiger partial charge in [0, 0.05) is 22.3 Å². The molecule has 2 nitrogen and oxygen atoms in total. The molecule has 7 aliphatic heterocycles. The number of furan rings is 2. The highest BCUT2D eigenvalue weighted by molar-refractivity contribution is 9.10. The van der Waals surface area contributed by atoms with Gasteiger partial charge in [-0.15, -0.1) is 0 Å². The fraction of sp³-hybridized carbons (Fsp3) is 0.200. The van der Waals surface area contributed by atoms with Gasteiger partial charge in [0.15, 0.2) is 0 Å². The maximum Gasteiger partial charge on any atom is 0.148 e. The molecular formula is C40H35BrO2. The summed E-state index contributed by atoms with van der Waals surface area (Å²) in [5.41, 5.74) is 11.0. The van der Waals surface area contributed by atoms with Gasteiger partial charge < -0.3 is 8.83 Å². The number of benzene rings is 4. The predicted octanol–water partition coefficient (Wildman–Crippen LogP) is 11.5. The van der Waals surface area contributed by atoms with Crippen LogP contribution in [-0.2, 0) is 32.1 Å². The van der Waals surface area contributed by atoms with Gasteiger partial charge in [0.05, 0.1) is 4.47 Å². The smallest absolute Gasteiger partial charge is 0.148 e. The molecule has 4 aromatic carbocycles. The Bertz CT molecular complexity index is 1820. The minimum atomic E-state index is 0.866. The molecule has 0 aliphatic carbocycles. The lowest BCUT2D eigenvalue weighted by molar-refractivity contribution is 0.593. The lowest BCUT2D eigenvalue weighted by atomic mass is 9.99. The minimum absolute atomic E-state index is 0.866. The molecule has 0 amide bonds. The van der Waals surface area contributed by atoms with E-state index in [4.69, 9.17) is 8.83 Å². The molecule has 2 aromatic heterocycles. The van der Waals surface area contributed by atoms with Gasteiger partial charge in [-0.3, -0.25) is 0 Å². The summed E-state index contributed by atoms with van der Waals surface area (Å²) in [6, 6.07) is 39.7. The molecule has 43 heavy (non-hydrogen) atoms. The molecule has 0 unspecified atom stereocenters. The number of aryl methyl sites for hydroxylation is 5. The van der Waals surface area contributed by atoms with E-state index in [1.54, 1.807) is 0 Å². The largest absolute Gasteiger partial charge is 0.456 e. The van der Waals surface area contributed by atoms with E-state index in [0.717, 1.165) is 94.7 Å². The fourth-order valence-corrected chi connectivity index (χ4v) is 6.49. The van der Waals surface area contributed by atoms with Crippen molar-refractivity contribution in [3.05, 3.63) is 141 Å². The van der Waals surface area contributed by atoms with Crippen molar-refractivity contribution in [3.8, 4) is 45.3 Å². The summed E-state index contributed by atoms with van der Waals surface area (Å²) in [4.78, 5) is 0. The van der Waals surface area contributed by atoms with E-state index in [2.05, 4.69) is 132 Å². The number of rotatable bonds is 3. The lowest BCUT2D eigenvalue weighted by Gasteiger charge is -2.07. The molecule has 9 heterocycles. The van der Waals surface area contributed by atoms with E-state index in [1.165, 1.54) is 27.8 Å². The molecule has 12 bridgehead atoms. The van der Waals surface area contributed by atoms with Crippen LogP contribution in [0.5, 0.6) is 0 Å². The first-order valence-electron chi connectivity index (χ1n) is 15.4. The second kappa shape index (κ2) is 12.3. The summed E-state index contributed by atoms with van der Waals surface area (Å²) < 4.78 is 13.9. The average molecular weight is 628 g/mol. The van der Waals surface area contributed by atoms with E-state index < -0.39 is 0 Å². The quantitative estimate of drug-likeness (QED) is 0.195. The first-order valence-corrected chi connectivity index (χ1v) is 16.2. The molecule has 7 aliphatic rings. The van der Waals surface area contributed by atoms with Crippen molar-refractivity contribution in [2.75, 3.05) is 0 Å². The summed E-state index contributed by atoms with van der Waals surface area (Å²) in [6.45, 7) is 2.25. The fourth-order valence-electron chi connectivity index (χ4n) is 5.97. The van der Waals surface area contributed by atoms with Crippen LogP contribution in [0.15, 0.2) is 123 Å². The van der Waals surface area contributed by atoms with Crippen LogP contribution in [0.2, 0.25) is 0 Å². The first-order chi connectivity index (χ1) is 21.1. The summed E-state index contributed by atoms with van der Waals surface area (Å²) in [5.74, 6) is 3.69. The van der Waals surface area contributed by atoms with Gasteiger partial charge >= 0.3 is 0 Å². The predicted molar refractivity (Wildman–Crippen MR) is 180 cm³/mol. The van der Waals surface area contributed by atoms with Crippen LogP contribution in [0.25, 0.3) is 45.3 Å². The van der Waals surface area contributed by atoms with Crippen molar-refractivity contribution in [1.29, 1.82) is 0 Å². The van der Waals surface area contributed by atoms with E-state index in [1.807, 2.05) is 0 Å². The average Bonchev–Trinajstić information content (AvgIpc) is 3.66. The lowest BCUT2D eigenvalue weighted by Crippen LogP contribution is -1.92. The molecule has 0 saturated carbocycles. The third kappa shape index (κ3) is 6.05. The second-order valence-corrected chi connectivity index (χ2v) is 12.5. The Labute approximate surface area is 262 Å². The Morgan fingerprint density at radius 3 is 1.37 bits per heavy atom. The van der Waals surface area contributed by atoms with Gasteiger partial charge in [0.1, 0.15) is 23.0 Å². The van der Waals surface area contributed by atoms with Crippen molar-refractivity contribution in [1.82, 2.24) is 0 Å². The molecule has 0 radical (unpaired) electrons. The molecule has 0 fully saturated rings. The molecule has 214 valence electrons. The number of unbranched alkanes of at least 4 members (excludes halogenated alkanes) is 1. The highest BCUT2D eigenvalue weighted by Crippen LogP contribution is 2.37. The molecule has 13 rings (SSSR count). The molecule has 0 spiro atoms. The maximum atomic E-state index is 6.57. The summed E-state index contributed by atoms with van der Waals surface area (Å²) >= 11 is 3.74. The Balaban J connectivity index is 1.24. The highest BCUT2D eigenvalue weighted by atomic mass is 79.9. The number of hydrogen-bond acceptors (Lipinski definition) is 2. The van der Waals surface area contributed by atoms with Crippen LogP contribution in [0.1, 0.15) is 47.6 Å². The van der Waals surface area contributed by atoms with Gasteiger partial charge in [0.25, 0.3) is 0 Å². The Morgan fingerprint density at radius 1 is 0.512 bits per heavy atom. The molecule has 0 atom stereocenters. The van der Waals surface area contributed by atoms with Crippen molar-refractivity contribution in [2.45, 2.75) is 51.9 Å². The normalized spacial score (nSPS) is 12.8. The topological polar surface area (TPSA) is 26.3 Å². The van der Waals surface area contributed by atoms with Crippen LogP contribution in [0, 0.1) is 0 Å². The van der Waals surface area contributed by atoms with Crippen molar-refractivity contribution < 1.29 is 8.83 Å². The van der Waals surface area contributed by atoms with Crippen LogP contribution in [0.3, 0.4) is 0 Å². The van der Waals surface area contributed by atoms with E-state index in [-0.39, 0.29) is 0 Å². The molecule has 0 N–H and O–H groups in total. The molecule has 6 aromatic rings. The van der Waals surface area contributed by atoms with E-state index in [9.17, 15) is 0 Å². The standard InChI is InChI=1S/C40H35BrO2/c1-2-3-4-35-25-37-31-17-9-27(10-18-31)5-6-28-11-19-32(20-12-28)38-26-36(41)40(43-38)34-23-15-30(16-24-34)8-7-29-13-21-33(22-14-29)39(35)42-37/h9-26H,2-8H2,1H3. The van der Waals surface area contributed by atoms with Crippen LogP contribution in [0.4, 0.5) is 0 Å². The summed E-state index contributed by atoms with van der Waals surface area (Å²) in [5, 5.41) is 0. The number of hydrogen-bond donors (Lipinski definition) is 0.